The van der Waals surface area contributed by atoms with Gasteiger partial charge in [0.15, 0.2) is 0 Å². The Kier molecular flexibility index (Phi) is 4.67. The standard InChI is InChI=1S/C40H24O/c1-2-10-26-21-28(19-17-25(26)9-1)39-32-12-3-5-14-34(32)40(35-15-6-4-13-33(35)39)29-20-18-27-23-36-31-11-7-8-16-37(31)41-38(36)24-30(27)22-29/h1-24H. The number of fused-ring (bicyclic) bond motifs is 7. The number of hydrogen-bond acceptors (Lipinski definition) is 1. The third kappa shape index (κ3) is 3.36. The van der Waals surface area contributed by atoms with E-state index >= 15 is 0 Å². The van der Waals surface area contributed by atoms with Gasteiger partial charge < -0.3 is 4.42 Å². The van der Waals surface area contributed by atoms with Crippen molar-refractivity contribution in [3.8, 4) is 22.3 Å². The van der Waals surface area contributed by atoms with Crippen molar-refractivity contribution in [2.75, 3.05) is 0 Å². The molecule has 1 heterocycles. The van der Waals surface area contributed by atoms with Crippen molar-refractivity contribution >= 4 is 65.0 Å². The molecule has 0 spiro atoms. The maximum absolute atomic E-state index is 6.24. The molecule has 0 saturated heterocycles. The molecule has 0 aliphatic heterocycles. The number of benzene rings is 8. The first kappa shape index (κ1) is 22.4. The molecule has 0 amide bonds. The highest BCUT2D eigenvalue weighted by Gasteiger charge is 2.17. The largest absolute Gasteiger partial charge is 0.456 e. The molecule has 9 rings (SSSR count). The van der Waals surface area contributed by atoms with E-state index in [0.717, 1.165) is 21.9 Å². The van der Waals surface area contributed by atoms with Crippen molar-refractivity contribution in [3.63, 3.8) is 0 Å². The lowest BCUT2D eigenvalue weighted by Crippen LogP contribution is -1.91. The maximum Gasteiger partial charge on any atom is 0.136 e. The van der Waals surface area contributed by atoms with E-state index in [1.165, 1.54) is 65.3 Å². The Balaban J connectivity index is 1.34. The molecule has 0 N–H and O–H groups in total. The summed E-state index contributed by atoms with van der Waals surface area (Å²) >= 11 is 0. The van der Waals surface area contributed by atoms with Crippen LogP contribution in [0.25, 0.3) is 87.3 Å². The van der Waals surface area contributed by atoms with Gasteiger partial charge in [-0.25, -0.2) is 0 Å². The molecule has 41 heavy (non-hydrogen) atoms. The minimum Gasteiger partial charge on any atom is -0.456 e. The Morgan fingerprint density at radius 2 is 0.780 bits per heavy atom. The molecule has 0 bridgehead atoms. The first-order valence-electron chi connectivity index (χ1n) is 14.1. The summed E-state index contributed by atoms with van der Waals surface area (Å²) in [7, 11) is 0. The van der Waals surface area contributed by atoms with E-state index in [9.17, 15) is 0 Å². The lowest BCUT2D eigenvalue weighted by atomic mass is 9.85. The van der Waals surface area contributed by atoms with Gasteiger partial charge in [-0.15, -0.1) is 0 Å². The van der Waals surface area contributed by atoms with Gasteiger partial charge >= 0.3 is 0 Å². The molecule has 8 aromatic carbocycles. The van der Waals surface area contributed by atoms with Crippen LogP contribution in [0.15, 0.2) is 150 Å². The van der Waals surface area contributed by atoms with Gasteiger partial charge in [0, 0.05) is 10.8 Å². The van der Waals surface area contributed by atoms with Crippen LogP contribution in [0.5, 0.6) is 0 Å². The zero-order valence-corrected chi connectivity index (χ0v) is 22.3. The van der Waals surface area contributed by atoms with Gasteiger partial charge in [0.1, 0.15) is 11.2 Å². The SMILES string of the molecule is c1ccc2cc(-c3c4ccccc4c(-c4ccc5cc6c(cc5c4)oc4ccccc46)c4ccccc34)ccc2c1. The molecule has 0 atom stereocenters. The van der Waals surface area contributed by atoms with Crippen LogP contribution in [0.4, 0.5) is 0 Å². The van der Waals surface area contributed by atoms with Gasteiger partial charge in [-0.2, -0.15) is 0 Å². The molecule has 0 aliphatic rings. The fourth-order valence-corrected chi connectivity index (χ4v) is 6.72. The van der Waals surface area contributed by atoms with E-state index in [1.54, 1.807) is 0 Å². The topological polar surface area (TPSA) is 13.1 Å². The minimum atomic E-state index is 0.928. The highest BCUT2D eigenvalue weighted by atomic mass is 16.3. The summed E-state index contributed by atoms with van der Waals surface area (Å²) in [5.74, 6) is 0. The Bertz CT molecular complexity index is 2420. The lowest BCUT2D eigenvalue weighted by Gasteiger charge is -2.18. The van der Waals surface area contributed by atoms with E-state index < -0.39 is 0 Å². The van der Waals surface area contributed by atoms with Crippen LogP contribution < -0.4 is 0 Å². The van der Waals surface area contributed by atoms with Crippen LogP contribution in [-0.4, -0.2) is 0 Å². The summed E-state index contributed by atoms with van der Waals surface area (Å²) in [4.78, 5) is 0. The minimum absolute atomic E-state index is 0.928. The smallest absolute Gasteiger partial charge is 0.136 e. The summed E-state index contributed by atoms with van der Waals surface area (Å²) in [5.41, 5.74) is 6.87. The van der Waals surface area contributed by atoms with Gasteiger partial charge in [-0.1, -0.05) is 115 Å². The molecule has 190 valence electrons. The second-order valence-electron chi connectivity index (χ2n) is 10.9. The summed E-state index contributed by atoms with van der Waals surface area (Å²) in [5, 5.41) is 12.3. The fourth-order valence-electron chi connectivity index (χ4n) is 6.72. The quantitative estimate of drug-likeness (QED) is 0.207. The van der Waals surface area contributed by atoms with Crippen LogP contribution in [0.1, 0.15) is 0 Å². The second kappa shape index (κ2) is 8.55. The monoisotopic (exact) mass is 520 g/mol. The van der Waals surface area contributed by atoms with Gasteiger partial charge in [-0.3, -0.25) is 0 Å². The Morgan fingerprint density at radius 1 is 0.293 bits per heavy atom. The van der Waals surface area contributed by atoms with Crippen LogP contribution in [0, 0.1) is 0 Å². The molecule has 1 heteroatoms. The van der Waals surface area contributed by atoms with Crippen molar-refractivity contribution in [1.82, 2.24) is 0 Å². The molecule has 1 nitrogen and oxygen atoms in total. The molecule has 0 unspecified atom stereocenters. The molecule has 9 aromatic rings. The Labute approximate surface area is 236 Å². The van der Waals surface area contributed by atoms with Crippen LogP contribution >= 0.6 is 0 Å². The van der Waals surface area contributed by atoms with Crippen molar-refractivity contribution in [2.24, 2.45) is 0 Å². The summed E-state index contributed by atoms with van der Waals surface area (Å²) in [6.45, 7) is 0. The van der Waals surface area contributed by atoms with Gasteiger partial charge in [0.2, 0.25) is 0 Å². The third-order valence-electron chi connectivity index (χ3n) is 8.59. The van der Waals surface area contributed by atoms with Crippen LogP contribution in [0.3, 0.4) is 0 Å². The highest BCUT2D eigenvalue weighted by Crippen LogP contribution is 2.45. The van der Waals surface area contributed by atoms with Crippen LogP contribution in [-0.2, 0) is 0 Å². The van der Waals surface area contributed by atoms with E-state index in [1.807, 2.05) is 12.1 Å². The number of hydrogen-bond donors (Lipinski definition) is 0. The molecule has 0 saturated carbocycles. The Morgan fingerprint density at radius 3 is 1.44 bits per heavy atom. The summed E-state index contributed by atoms with van der Waals surface area (Å²) in [6, 6.07) is 52.7. The van der Waals surface area contributed by atoms with E-state index in [4.69, 9.17) is 4.42 Å². The van der Waals surface area contributed by atoms with E-state index in [-0.39, 0.29) is 0 Å². The normalized spacial score (nSPS) is 11.9. The predicted molar refractivity (Wildman–Crippen MR) is 175 cm³/mol. The number of furan rings is 1. The van der Waals surface area contributed by atoms with Crippen molar-refractivity contribution in [3.05, 3.63) is 146 Å². The molecule has 1 aromatic heterocycles. The fraction of sp³-hybridized carbons (Fsp3) is 0. The zero-order chi connectivity index (χ0) is 26.9. The average Bonchev–Trinajstić information content (AvgIpc) is 3.39. The van der Waals surface area contributed by atoms with Crippen molar-refractivity contribution in [2.45, 2.75) is 0 Å². The van der Waals surface area contributed by atoms with Crippen LogP contribution in [0.2, 0.25) is 0 Å². The zero-order valence-electron chi connectivity index (χ0n) is 22.3. The molecular formula is C40H24O. The first-order chi connectivity index (χ1) is 20.3. The van der Waals surface area contributed by atoms with Gasteiger partial charge in [0.05, 0.1) is 0 Å². The van der Waals surface area contributed by atoms with Gasteiger partial charge in [0.25, 0.3) is 0 Å². The number of para-hydroxylation sites is 1. The van der Waals surface area contributed by atoms with E-state index in [2.05, 4.69) is 133 Å². The molecular weight excluding hydrogens is 496 g/mol. The van der Waals surface area contributed by atoms with Crippen molar-refractivity contribution < 1.29 is 4.42 Å². The second-order valence-corrected chi connectivity index (χ2v) is 10.9. The third-order valence-corrected chi connectivity index (χ3v) is 8.59. The maximum atomic E-state index is 6.24. The average molecular weight is 521 g/mol. The molecule has 0 radical (unpaired) electrons. The summed E-state index contributed by atoms with van der Waals surface area (Å²) in [6.07, 6.45) is 0. The first-order valence-corrected chi connectivity index (χ1v) is 14.1. The predicted octanol–water partition coefficient (Wildman–Crippen LogP) is 11.5. The lowest BCUT2D eigenvalue weighted by molar-refractivity contribution is 0.669. The summed E-state index contributed by atoms with van der Waals surface area (Å²) < 4.78 is 6.24. The number of rotatable bonds is 2. The van der Waals surface area contributed by atoms with E-state index in [0.29, 0.717) is 0 Å². The Hall–Kier alpha value is -5.40. The molecule has 0 fully saturated rings. The molecule has 0 aliphatic carbocycles. The van der Waals surface area contributed by atoms with Crippen molar-refractivity contribution in [1.29, 1.82) is 0 Å². The van der Waals surface area contributed by atoms with Gasteiger partial charge in [-0.05, 0) is 95.7 Å². The highest BCUT2D eigenvalue weighted by molar-refractivity contribution is 6.22.